The van der Waals surface area contributed by atoms with Gasteiger partial charge in [-0.05, 0) is 31.1 Å². The predicted octanol–water partition coefficient (Wildman–Crippen LogP) is 3.08. The monoisotopic (exact) mass is 205 g/mol. The van der Waals surface area contributed by atoms with Gasteiger partial charge in [-0.15, -0.1) is 0 Å². The lowest BCUT2D eigenvalue weighted by atomic mass is 9.66. The molecule has 0 amide bonds. The van der Waals surface area contributed by atoms with E-state index in [1.165, 1.54) is 32.1 Å². The second-order valence-corrected chi connectivity index (χ2v) is 5.12. The summed E-state index contributed by atoms with van der Waals surface area (Å²) in [7, 11) is 0. The first kappa shape index (κ1) is 10.7. The zero-order valence-corrected chi connectivity index (χ0v) is 9.24. The quantitative estimate of drug-likeness (QED) is 0.695. The first-order valence-electron chi connectivity index (χ1n) is 6.21. The van der Waals surface area contributed by atoms with Gasteiger partial charge in [0.15, 0.2) is 0 Å². The number of hydrogen-bond donors (Lipinski definition) is 0. The summed E-state index contributed by atoms with van der Waals surface area (Å²) in [5.41, 5.74) is 0. The number of carbonyl (C=O) groups is 1. The first-order chi connectivity index (χ1) is 7.31. The smallest absolute Gasteiger partial charge is 0.149 e. The fourth-order valence-corrected chi connectivity index (χ4v) is 3.39. The summed E-state index contributed by atoms with van der Waals surface area (Å²) >= 11 is 0. The van der Waals surface area contributed by atoms with Gasteiger partial charge in [0.2, 0.25) is 0 Å². The van der Waals surface area contributed by atoms with Crippen molar-refractivity contribution >= 4 is 5.78 Å². The summed E-state index contributed by atoms with van der Waals surface area (Å²) in [4.78, 5) is 11.7. The minimum atomic E-state index is 0.127. The zero-order valence-electron chi connectivity index (χ0n) is 9.24. The molecule has 2 nitrogen and oxygen atoms in total. The third kappa shape index (κ3) is 2.40. The Morgan fingerprint density at radius 3 is 2.60 bits per heavy atom. The van der Waals surface area contributed by atoms with E-state index >= 15 is 0 Å². The van der Waals surface area contributed by atoms with Crippen molar-refractivity contribution in [2.45, 2.75) is 51.4 Å². The lowest BCUT2D eigenvalue weighted by Crippen LogP contribution is -2.31. The van der Waals surface area contributed by atoms with Gasteiger partial charge in [0, 0.05) is 5.92 Å². The first-order valence-corrected chi connectivity index (χ1v) is 6.21. The van der Waals surface area contributed by atoms with Crippen LogP contribution in [0.4, 0.5) is 0 Å². The van der Waals surface area contributed by atoms with Gasteiger partial charge < -0.3 is 0 Å². The van der Waals surface area contributed by atoms with Crippen LogP contribution >= 0.6 is 0 Å². The molecular formula is C13H19NO. The van der Waals surface area contributed by atoms with Crippen LogP contribution in [-0.2, 0) is 4.79 Å². The highest BCUT2D eigenvalue weighted by atomic mass is 16.1. The van der Waals surface area contributed by atoms with Crippen LogP contribution in [0.5, 0.6) is 0 Å². The summed E-state index contributed by atoms with van der Waals surface area (Å²) in [6, 6.07) is 1.99. The van der Waals surface area contributed by atoms with Crippen LogP contribution in [0.3, 0.4) is 0 Å². The molecular weight excluding hydrogens is 186 g/mol. The number of nitrogens with zero attached hydrogens (tertiary/aromatic N) is 1. The maximum Gasteiger partial charge on any atom is 0.149 e. The van der Waals surface area contributed by atoms with E-state index in [0.717, 1.165) is 24.7 Å². The Kier molecular flexibility index (Phi) is 3.41. The number of fused-ring (bicyclic) bond motifs is 1. The molecule has 0 aliphatic heterocycles. The standard InChI is InChI=1S/C13H19NO/c14-8-7-13(15)12-6-5-10-3-1-2-4-11(10)9-12/h10-12H,1-7,9H2. The van der Waals surface area contributed by atoms with Crippen LogP contribution in [-0.4, -0.2) is 5.78 Å². The predicted molar refractivity (Wildman–Crippen MR) is 58.0 cm³/mol. The van der Waals surface area contributed by atoms with Crippen molar-refractivity contribution < 1.29 is 4.79 Å². The number of nitriles is 1. The normalized spacial score (nSPS) is 35.3. The molecule has 0 heterocycles. The second-order valence-electron chi connectivity index (χ2n) is 5.12. The highest BCUT2D eigenvalue weighted by Gasteiger charge is 2.34. The van der Waals surface area contributed by atoms with Crippen LogP contribution in [0.2, 0.25) is 0 Å². The van der Waals surface area contributed by atoms with Crippen LogP contribution in [0.1, 0.15) is 51.4 Å². The van der Waals surface area contributed by atoms with E-state index in [9.17, 15) is 4.79 Å². The summed E-state index contributed by atoms with van der Waals surface area (Å²) in [5, 5.41) is 8.53. The molecule has 2 aliphatic carbocycles. The van der Waals surface area contributed by atoms with E-state index in [4.69, 9.17) is 5.26 Å². The van der Waals surface area contributed by atoms with Crippen molar-refractivity contribution in [3.8, 4) is 6.07 Å². The summed E-state index contributed by atoms with van der Waals surface area (Å²) in [6.07, 6.45) is 8.91. The molecule has 82 valence electrons. The van der Waals surface area contributed by atoms with Crippen molar-refractivity contribution in [2.75, 3.05) is 0 Å². The fraction of sp³-hybridized carbons (Fsp3) is 0.846. The van der Waals surface area contributed by atoms with Crippen molar-refractivity contribution in [3.63, 3.8) is 0 Å². The Morgan fingerprint density at radius 2 is 1.87 bits per heavy atom. The average Bonchev–Trinajstić information content (AvgIpc) is 2.29. The van der Waals surface area contributed by atoms with E-state index < -0.39 is 0 Å². The molecule has 0 spiro atoms. The minimum Gasteiger partial charge on any atom is -0.298 e. The van der Waals surface area contributed by atoms with Gasteiger partial charge in [-0.25, -0.2) is 0 Å². The van der Waals surface area contributed by atoms with E-state index in [1.54, 1.807) is 0 Å². The van der Waals surface area contributed by atoms with Gasteiger partial charge in [-0.2, -0.15) is 5.26 Å². The molecule has 15 heavy (non-hydrogen) atoms. The molecule has 2 heteroatoms. The fourth-order valence-electron chi connectivity index (χ4n) is 3.39. The molecule has 0 aromatic heterocycles. The molecule has 3 atom stereocenters. The third-order valence-electron chi connectivity index (χ3n) is 4.25. The lowest BCUT2D eigenvalue weighted by molar-refractivity contribution is -0.124. The summed E-state index contributed by atoms with van der Waals surface area (Å²) in [6.45, 7) is 0. The van der Waals surface area contributed by atoms with Gasteiger partial charge in [0.25, 0.3) is 0 Å². The molecule has 2 aliphatic rings. The van der Waals surface area contributed by atoms with Crippen LogP contribution in [0.15, 0.2) is 0 Å². The van der Waals surface area contributed by atoms with Crippen molar-refractivity contribution in [1.29, 1.82) is 5.26 Å². The average molecular weight is 205 g/mol. The highest BCUT2D eigenvalue weighted by molar-refractivity contribution is 5.82. The van der Waals surface area contributed by atoms with Gasteiger partial charge in [-0.1, -0.05) is 25.7 Å². The Morgan fingerprint density at radius 1 is 1.13 bits per heavy atom. The molecule has 0 saturated heterocycles. The Balaban J connectivity index is 1.91. The molecule has 0 N–H and O–H groups in total. The number of rotatable bonds is 2. The maximum atomic E-state index is 11.7. The maximum absolute atomic E-state index is 11.7. The molecule has 3 unspecified atom stereocenters. The molecule has 2 fully saturated rings. The van der Waals surface area contributed by atoms with E-state index in [2.05, 4.69) is 0 Å². The Bertz CT molecular complexity index is 279. The van der Waals surface area contributed by atoms with Crippen LogP contribution in [0, 0.1) is 29.1 Å². The second kappa shape index (κ2) is 4.79. The molecule has 2 rings (SSSR count). The van der Waals surface area contributed by atoms with Gasteiger partial charge in [0.1, 0.15) is 5.78 Å². The number of hydrogen-bond acceptors (Lipinski definition) is 2. The highest BCUT2D eigenvalue weighted by Crippen LogP contribution is 2.42. The van der Waals surface area contributed by atoms with Gasteiger partial charge >= 0.3 is 0 Å². The van der Waals surface area contributed by atoms with E-state index in [1.807, 2.05) is 6.07 Å². The summed E-state index contributed by atoms with van der Waals surface area (Å²) in [5.74, 6) is 2.09. The molecule has 0 bridgehead atoms. The van der Waals surface area contributed by atoms with Gasteiger partial charge in [-0.3, -0.25) is 4.79 Å². The van der Waals surface area contributed by atoms with Gasteiger partial charge in [0.05, 0.1) is 12.5 Å². The Hall–Kier alpha value is -0.840. The van der Waals surface area contributed by atoms with E-state index in [0.29, 0.717) is 0 Å². The Labute approximate surface area is 91.7 Å². The number of carbonyl (C=O) groups excluding carboxylic acids is 1. The molecule has 0 aromatic rings. The lowest BCUT2D eigenvalue weighted by Gasteiger charge is -2.38. The molecule has 0 aromatic carbocycles. The minimum absolute atomic E-state index is 0.127. The SMILES string of the molecule is N#CCC(=O)C1CCC2CCCCC2C1. The third-order valence-corrected chi connectivity index (χ3v) is 4.25. The van der Waals surface area contributed by atoms with Crippen LogP contribution < -0.4 is 0 Å². The molecule has 0 radical (unpaired) electrons. The van der Waals surface area contributed by atoms with Crippen LogP contribution in [0.25, 0.3) is 0 Å². The van der Waals surface area contributed by atoms with E-state index in [-0.39, 0.29) is 18.1 Å². The van der Waals surface area contributed by atoms with Crippen molar-refractivity contribution in [3.05, 3.63) is 0 Å². The largest absolute Gasteiger partial charge is 0.298 e. The number of ketones is 1. The van der Waals surface area contributed by atoms with Crippen molar-refractivity contribution in [1.82, 2.24) is 0 Å². The summed E-state index contributed by atoms with van der Waals surface area (Å²) < 4.78 is 0. The molecule has 2 saturated carbocycles. The topological polar surface area (TPSA) is 40.9 Å². The zero-order chi connectivity index (χ0) is 10.7. The van der Waals surface area contributed by atoms with Crippen molar-refractivity contribution in [2.24, 2.45) is 17.8 Å². The number of Topliss-reactive ketones (excluding diaryl/α,β-unsaturated/α-hetero) is 1.